The van der Waals surface area contributed by atoms with Crippen molar-refractivity contribution in [3.63, 3.8) is 0 Å². The van der Waals surface area contributed by atoms with Gasteiger partial charge in [-0.2, -0.15) is 0 Å². The van der Waals surface area contributed by atoms with Gasteiger partial charge >= 0.3 is 5.97 Å². The number of hydrogen-bond donors (Lipinski definition) is 3. The number of halogens is 1. The fourth-order valence-electron chi connectivity index (χ4n) is 5.47. The van der Waals surface area contributed by atoms with Crippen molar-refractivity contribution in [2.24, 2.45) is 17.3 Å². The Labute approximate surface area is 206 Å². The number of carbonyl (C=O) groups excluding carboxylic acids is 1. The summed E-state index contributed by atoms with van der Waals surface area (Å²) in [6.45, 7) is 6.96. The van der Waals surface area contributed by atoms with E-state index in [0.717, 1.165) is 29.5 Å². The molecule has 1 aromatic heterocycles. The first kappa shape index (κ1) is 24.8. The minimum atomic E-state index is -0.741. The van der Waals surface area contributed by atoms with Crippen LogP contribution in [-0.2, 0) is 4.79 Å². The Morgan fingerprint density at radius 1 is 1.00 bits per heavy atom. The molecule has 0 saturated heterocycles. The predicted molar refractivity (Wildman–Crippen MR) is 136 cm³/mol. The number of nitrogens with one attached hydrogen (secondary N) is 2. The minimum Gasteiger partial charge on any atom is -0.481 e. The molecule has 1 heterocycles. The Morgan fingerprint density at radius 3 is 2.26 bits per heavy atom. The highest BCUT2D eigenvalue weighted by molar-refractivity contribution is 6.38. The summed E-state index contributed by atoms with van der Waals surface area (Å²) in [7, 11) is 0. The molecule has 2 aliphatic carbocycles. The van der Waals surface area contributed by atoms with Gasteiger partial charge in [-0.05, 0) is 74.8 Å². The Kier molecular flexibility index (Phi) is 7.36. The molecule has 1 aromatic carbocycles. The van der Waals surface area contributed by atoms with Crippen LogP contribution in [0.25, 0.3) is 10.8 Å². The molecule has 3 N–H and O–H groups in total. The molecule has 0 spiro atoms. The van der Waals surface area contributed by atoms with Gasteiger partial charge in [0, 0.05) is 34.6 Å². The Bertz CT molecular complexity index is 1050. The van der Waals surface area contributed by atoms with Crippen LogP contribution in [0.3, 0.4) is 0 Å². The van der Waals surface area contributed by atoms with Crippen LogP contribution in [0.15, 0.2) is 24.4 Å². The average molecular weight is 486 g/mol. The summed E-state index contributed by atoms with van der Waals surface area (Å²) in [6, 6.07) is 5.86. The van der Waals surface area contributed by atoms with Crippen LogP contribution < -0.4 is 10.6 Å². The molecule has 0 atom stereocenters. The van der Waals surface area contributed by atoms with E-state index in [1.54, 1.807) is 12.3 Å². The van der Waals surface area contributed by atoms with E-state index in [1.165, 1.54) is 12.8 Å². The number of aromatic nitrogens is 1. The molecule has 4 rings (SSSR count). The van der Waals surface area contributed by atoms with E-state index in [9.17, 15) is 14.7 Å². The summed E-state index contributed by atoms with van der Waals surface area (Å²) in [6.07, 6.45) is 8.98. The normalized spacial score (nSPS) is 25.6. The summed E-state index contributed by atoms with van der Waals surface area (Å²) >= 11 is 6.76. The molecule has 2 saturated carbocycles. The number of amides is 1. The van der Waals surface area contributed by atoms with Crippen molar-refractivity contribution in [1.29, 1.82) is 0 Å². The first-order valence-electron chi connectivity index (χ1n) is 12.5. The maximum Gasteiger partial charge on any atom is 0.306 e. The number of anilines is 1. The first-order chi connectivity index (χ1) is 16.1. The van der Waals surface area contributed by atoms with Crippen LogP contribution in [0, 0.1) is 17.3 Å². The third kappa shape index (κ3) is 5.65. The van der Waals surface area contributed by atoms with Crippen LogP contribution in [0.2, 0.25) is 5.02 Å². The van der Waals surface area contributed by atoms with E-state index in [2.05, 4.69) is 36.4 Å². The number of carboxylic acid groups (broad SMARTS) is 1. The minimum absolute atomic E-state index is 0.00663. The number of rotatable bonds is 5. The monoisotopic (exact) mass is 485 g/mol. The van der Waals surface area contributed by atoms with Gasteiger partial charge < -0.3 is 15.7 Å². The molecular weight excluding hydrogens is 450 g/mol. The lowest BCUT2D eigenvalue weighted by molar-refractivity contribution is -0.142. The van der Waals surface area contributed by atoms with Crippen molar-refractivity contribution in [3.8, 4) is 0 Å². The lowest BCUT2D eigenvalue weighted by Crippen LogP contribution is -2.38. The van der Waals surface area contributed by atoms with Crippen LogP contribution in [0.5, 0.6) is 0 Å². The van der Waals surface area contributed by atoms with Crippen molar-refractivity contribution in [3.05, 3.63) is 35.0 Å². The predicted octanol–water partition coefficient (Wildman–Crippen LogP) is 6.28. The van der Waals surface area contributed by atoms with Crippen molar-refractivity contribution in [2.75, 3.05) is 5.32 Å². The van der Waals surface area contributed by atoms with Crippen LogP contribution in [-0.4, -0.2) is 34.1 Å². The summed E-state index contributed by atoms with van der Waals surface area (Å²) < 4.78 is 0. The van der Waals surface area contributed by atoms with Gasteiger partial charge in [0.05, 0.1) is 10.9 Å². The fraction of sp³-hybridized carbons (Fsp3) is 0.593. The highest BCUT2D eigenvalue weighted by Gasteiger charge is 2.30. The number of fused-ring (bicyclic) bond motifs is 1. The SMILES string of the molecule is CC(C)(C)[C@H]1CC[C@H](Nc2ncc3ccc(C(=O)N[C@H]4CC[C@@H](C(=O)O)CC4)cc3c2Cl)CC1. The zero-order valence-electron chi connectivity index (χ0n) is 20.4. The van der Waals surface area contributed by atoms with Gasteiger partial charge in [-0.25, -0.2) is 4.98 Å². The van der Waals surface area contributed by atoms with Crippen molar-refractivity contribution < 1.29 is 14.7 Å². The molecule has 0 bridgehead atoms. The number of nitrogens with zero attached hydrogens (tertiary/aromatic N) is 1. The summed E-state index contributed by atoms with van der Waals surface area (Å²) in [5.74, 6) is 0.233. The molecule has 0 radical (unpaired) electrons. The zero-order chi connectivity index (χ0) is 24.5. The van der Waals surface area contributed by atoms with Crippen molar-refractivity contribution in [1.82, 2.24) is 10.3 Å². The van der Waals surface area contributed by atoms with E-state index in [1.807, 2.05) is 12.1 Å². The van der Waals surface area contributed by atoms with E-state index >= 15 is 0 Å². The van der Waals surface area contributed by atoms with Gasteiger partial charge in [-0.1, -0.05) is 38.4 Å². The highest BCUT2D eigenvalue weighted by Crippen LogP contribution is 2.39. The second-order valence-electron chi connectivity index (χ2n) is 11.1. The van der Waals surface area contributed by atoms with Crippen molar-refractivity contribution >= 4 is 40.1 Å². The van der Waals surface area contributed by atoms with Crippen LogP contribution in [0.1, 0.15) is 82.5 Å². The molecule has 2 aliphatic rings. The smallest absolute Gasteiger partial charge is 0.306 e. The molecule has 2 aromatic rings. The molecule has 6 nitrogen and oxygen atoms in total. The third-order valence-electron chi connectivity index (χ3n) is 7.80. The van der Waals surface area contributed by atoms with E-state index in [4.69, 9.17) is 11.6 Å². The Hall–Kier alpha value is -2.34. The van der Waals surface area contributed by atoms with Crippen molar-refractivity contribution in [2.45, 2.75) is 84.2 Å². The standard InChI is InChI=1S/C27H36ClN3O3/c1-27(2,3)19-8-12-20(13-9-19)30-24-23(28)22-14-17(4-5-18(22)15-29-24)25(32)31-21-10-6-16(7-11-21)26(33)34/h4-5,14-16,19-21H,6-13H2,1-3H3,(H,29,30)(H,31,32)(H,33,34)/t16-,19-,20-,21+. The molecular formula is C27H36ClN3O3. The molecule has 184 valence electrons. The number of hydrogen-bond acceptors (Lipinski definition) is 4. The summed E-state index contributed by atoms with van der Waals surface area (Å²) in [5.41, 5.74) is 0.897. The van der Waals surface area contributed by atoms with Gasteiger partial charge in [0.15, 0.2) is 0 Å². The molecule has 1 amide bonds. The van der Waals surface area contributed by atoms with Gasteiger partial charge in [-0.15, -0.1) is 0 Å². The molecule has 2 fully saturated rings. The second-order valence-corrected chi connectivity index (χ2v) is 11.5. The summed E-state index contributed by atoms with van der Waals surface area (Å²) in [5, 5.41) is 18.0. The number of aliphatic carboxylic acids is 1. The Morgan fingerprint density at radius 2 is 1.65 bits per heavy atom. The van der Waals surface area contributed by atoms with E-state index in [0.29, 0.717) is 53.5 Å². The fourth-order valence-corrected chi connectivity index (χ4v) is 5.74. The number of carbonyl (C=O) groups is 2. The topological polar surface area (TPSA) is 91.3 Å². The van der Waals surface area contributed by atoms with Crippen LogP contribution in [0.4, 0.5) is 5.82 Å². The number of benzene rings is 1. The third-order valence-corrected chi connectivity index (χ3v) is 8.18. The van der Waals surface area contributed by atoms with E-state index < -0.39 is 5.97 Å². The quantitative estimate of drug-likeness (QED) is 0.463. The summed E-state index contributed by atoms with van der Waals surface area (Å²) in [4.78, 5) is 28.6. The number of pyridine rings is 1. The molecule has 7 heteroatoms. The maximum absolute atomic E-state index is 12.9. The van der Waals surface area contributed by atoms with Crippen LogP contribution >= 0.6 is 11.6 Å². The number of carboxylic acids is 1. The van der Waals surface area contributed by atoms with Gasteiger partial charge in [0.25, 0.3) is 5.91 Å². The Balaban J connectivity index is 1.42. The average Bonchev–Trinajstić information content (AvgIpc) is 2.81. The van der Waals surface area contributed by atoms with E-state index in [-0.39, 0.29) is 17.9 Å². The molecule has 0 unspecified atom stereocenters. The highest BCUT2D eigenvalue weighted by atomic mass is 35.5. The lowest BCUT2D eigenvalue weighted by atomic mass is 9.71. The maximum atomic E-state index is 12.9. The van der Waals surface area contributed by atoms with Gasteiger partial charge in [-0.3, -0.25) is 9.59 Å². The largest absolute Gasteiger partial charge is 0.481 e. The zero-order valence-corrected chi connectivity index (χ0v) is 21.1. The second kappa shape index (κ2) is 10.1. The molecule has 0 aliphatic heterocycles. The van der Waals surface area contributed by atoms with Gasteiger partial charge in [0.2, 0.25) is 0 Å². The molecule has 34 heavy (non-hydrogen) atoms. The van der Waals surface area contributed by atoms with Gasteiger partial charge in [0.1, 0.15) is 5.82 Å². The lowest BCUT2D eigenvalue weighted by Gasteiger charge is -2.37. The first-order valence-corrected chi connectivity index (χ1v) is 12.9.